The summed E-state index contributed by atoms with van der Waals surface area (Å²) in [6, 6.07) is 0. The second-order valence-electron chi connectivity index (χ2n) is 2.41. The molecule has 0 unspecified atom stereocenters. The van der Waals surface area contributed by atoms with Gasteiger partial charge in [0, 0.05) is 19.0 Å². The number of aromatic nitrogens is 1. The Morgan fingerprint density at radius 3 is 3.00 bits per heavy atom. The van der Waals surface area contributed by atoms with Gasteiger partial charge in [0.25, 0.3) is 0 Å². The fourth-order valence-electron chi connectivity index (χ4n) is 0.808. The molecule has 12 heavy (non-hydrogen) atoms. The van der Waals surface area contributed by atoms with Crippen molar-refractivity contribution in [1.82, 2.24) is 10.0 Å². The lowest BCUT2D eigenvalue weighted by atomic mass is 10.5. The molecule has 0 spiro atoms. The number of rotatable bonds is 4. The lowest BCUT2D eigenvalue weighted by Gasteiger charge is -2.10. The molecule has 0 atom stereocenters. The summed E-state index contributed by atoms with van der Waals surface area (Å²) in [7, 11) is 3.50. The molecule has 0 aliphatic heterocycles. The second-order valence-corrected chi connectivity index (χ2v) is 3.35. The van der Waals surface area contributed by atoms with Crippen LogP contribution in [0.15, 0.2) is 5.38 Å². The van der Waals surface area contributed by atoms with Crippen molar-refractivity contribution in [1.29, 1.82) is 0 Å². The third-order valence-electron chi connectivity index (χ3n) is 1.47. The normalized spacial score (nSPS) is 11.0. The van der Waals surface area contributed by atoms with Gasteiger partial charge in [0.2, 0.25) is 0 Å². The molecule has 0 saturated carbocycles. The molecule has 68 valence electrons. The molecule has 0 amide bonds. The van der Waals surface area contributed by atoms with Crippen molar-refractivity contribution >= 4 is 11.3 Å². The van der Waals surface area contributed by atoms with Crippen LogP contribution in [0.5, 0.6) is 0 Å². The quantitative estimate of drug-likeness (QED) is 0.701. The van der Waals surface area contributed by atoms with Gasteiger partial charge in [-0.05, 0) is 0 Å². The van der Waals surface area contributed by atoms with E-state index in [1.54, 1.807) is 23.5 Å². The molecule has 0 bridgehead atoms. The fourth-order valence-corrected chi connectivity index (χ4v) is 1.47. The minimum absolute atomic E-state index is 0.515. The molecule has 2 N–H and O–H groups in total. The highest BCUT2D eigenvalue weighted by Gasteiger charge is 2.02. The molecule has 0 aliphatic carbocycles. The molecule has 0 saturated heterocycles. The van der Waals surface area contributed by atoms with Gasteiger partial charge in [-0.3, -0.25) is 0 Å². The van der Waals surface area contributed by atoms with E-state index >= 15 is 0 Å². The SMILES string of the molecule is CON(C)Cc1csc(CN)n1. The van der Waals surface area contributed by atoms with Crippen molar-refractivity contribution in [2.75, 3.05) is 14.2 Å². The van der Waals surface area contributed by atoms with Gasteiger partial charge >= 0.3 is 0 Å². The van der Waals surface area contributed by atoms with Crippen LogP contribution in [0.1, 0.15) is 10.7 Å². The number of nitrogens with two attached hydrogens (primary N) is 1. The Hall–Kier alpha value is -0.490. The number of hydrogen-bond acceptors (Lipinski definition) is 5. The molecule has 1 rings (SSSR count). The van der Waals surface area contributed by atoms with Crippen LogP contribution in [-0.4, -0.2) is 24.2 Å². The summed E-state index contributed by atoms with van der Waals surface area (Å²) < 4.78 is 0. The first kappa shape index (κ1) is 9.60. The molecular formula is C7H13N3OS. The van der Waals surface area contributed by atoms with Crippen LogP contribution in [-0.2, 0) is 17.9 Å². The van der Waals surface area contributed by atoms with Crippen molar-refractivity contribution in [3.8, 4) is 0 Å². The first-order chi connectivity index (χ1) is 5.76. The molecule has 0 fully saturated rings. The number of hydroxylamine groups is 2. The van der Waals surface area contributed by atoms with Crippen LogP contribution in [0, 0.1) is 0 Å². The van der Waals surface area contributed by atoms with Crippen LogP contribution < -0.4 is 5.73 Å². The maximum absolute atomic E-state index is 5.43. The lowest BCUT2D eigenvalue weighted by Crippen LogP contribution is -2.16. The first-order valence-electron chi connectivity index (χ1n) is 3.65. The predicted molar refractivity (Wildman–Crippen MR) is 48.5 cm³/mol. The maximum atomic E-state index is 5.43. The molecule has 1 aromatic rings. The second kappa shape index (κ2) is 4.51. The predicted octanol–water partition coefficient (Wildman–Crippen LogP) is 0.595. The number of thiazole rings is 1. The molecule has 0 radical (unpaired) electrons. The van der Waals surface area contributed by atoms with Crippen molar-refractivity contribution in [3.05, 3.63) is 16.1 Å². The standard InChI is InChI=1S/C7H13N3OS/c1-10(11-2)4-6-5-12-7(3-8)9-6/h5H,3-4,8H2,1-2H3. The Bertz CT molecular complexity index is 238. The molecule has 5 heteroatoms. The van der Waals surface area contributed by atoms with Crippen molar-refractivity contribution in [2.45, 2.75) is 13.1 Å². The summed E-state index contributed by atoms with van der Waals surface area (Å²) in [6.07, 6.45) is 0. The van der Waals surface area contributed by atoms with E-state index < -0.39 is 0 Å². The summed E-state index contributed by atoms with van der Waals surface area (Å²) in [4.78, 5) is 9.25. The van der Waals surface area contributed by atoms with Gasteiger partial charge in [-0.25, -0.2) is 4.98 Å². The Kier molecular flexibility index (Phi) is 3.61. The topological polar surface area (TPSA) is 51.4 Å². The van der Waals surface area contributed by atoms with Crippen molar-refractivity contribution < 1.29 is 4.84 Å². The van der Waals surface area contributed by atoms with E-state index in [0.29, 0.717) is 13.1 Å². The fraction of sp³-hybridized carbons (Fsp3) is 0.571. The smallest absolute Gasteiger partial charge is 0.106 e. The van der Waals surface area contributed by atoms with Gasteiger partial charge in [-0.1, -0.05) is 0 Å². The highest BCUT2D eigenvalue weighted by Crippen LogP contribution is 2.10. The van der Waals surface area contributed by atoms with Crippen molar-refractivity contribution in [3.63, 3.8) is 0 Å². The van der Waals surface area contributed by atoms with E-state index in [0.717, 1.165) is 10.7 Å². The van der Waals surface area contributed by atoms with E-state index in [4.69, 9.17) is 10.6 Å². The van der Waals surface area contributed by atoms with Crippen LogP contribution in [0.2, 0.25) is 0 Å². The third kappa shape index (κ3) is 2.53. The Morgan fingerprint density at radius 2 is 2.50 bits per heavy atom. The van der Waals surface area contributed by atoms with Gasteiger partial charge in [0.05, 0.1) is 19.3 Å². The zero-order valence-electron chi connectivity index (χ0n) is 7.28. The molecular weight excluding hydrogens is 174 g/mol. The summed E-state index contributed by atoms with van der Waals surface area (Å²) >= 11 is 1.58. The first-order valence-corrected chi connectivity index (χ1v) is 4.52. The Balaban J connectivity index is 2.52. The zero-order valence-corrected chi connectivity index (χ0v) is 8.10. The molecule has 4 nitrogen and oxygen atoms in total. The van der Waals surface area contributed by atoms with E-state index in [1.807, 2.05) is 12.4 Å². The van der Waals surface area contributed by atoms with Crippen molar-refractivity contribution in [2.24, 2.45) is 5.73 Å². The lowest BCUT2D eigenvalue weighted by molar-refractivity contribution is -0.117. The molecule has 0 aromatic carbocycles. The zero-order chi connectivity index (χ0) is 8.97. The van der Waals surface area contributed by atoms with Gasteiger partial charge in [0.1, 0.15) is 5.01 Å². The summed E-state index contributed by atoms with van der Waals surface area (Å²) in [5.74, 6) is 0. The monoisotopic (exact) mass is 187 g/mol. The summed E-state index contributed by atoms with van der Waals surface area (Å²) in [6.45, 7) is 1.22. The molecule has 0 aliphatic rings. The minimum Gasteiger partial charge on any atom is -0.325 e. The average Bonchev–Trinajstić information content (AvgIpc) is 2.52. The van der Waals surface area contributed by atoms with Gasteiger partial charge in [-0.15, -0.1) is 11.3 Å². The Morgan fingerprint density at radius 1 is 1.75 bits per heavy atom. The van der Waals surface area contributed by atoms with Gasteiger partial charge in [0.15, 0.2) is 0 Å². The van der Waals surface area contributed by atoms with Crippen LogP contribution in [0.3, 0.4) is 0 Å². The van der Waals surface area contributed by atoms with Gasteiger partial charge in [-0.2, -0.15) is 5.06 Å². The largest absolute Gasteiger partial charge is 0.325 e. The van der Waals surface area contributed by atoms with Gasteiger partial charge < -0.3 is 10.6 Å². The van der Waals surface area contributed by atoms with Crippen LogP contribution in [0.4, 0.5) is 0 Å². The average molecular weight is 187 g/mol. The minimum atomic E-state index is 0.515. The van der Waals surface area contributed by atoms with E-state index in [-0.39, 0.29) is 0 Å². The Labute approximate surface area is 75.9 Å². The number of hydrogen-bond donors (Lipinski definition) is 1. The highest BCUT2D eigenvalue weighted by molar-refractivity contribution is 7.09. The molecule has 1 aromatic heterocycles. The van der Waals surface area contributed by atoms with Crippen LogP contribution >= 0.6 is 11.3 Å². The van der Waals surface area contributed by atoms with E-state index in [1.165, 1.54) is 0 Å². The third-order valence-corrected chi connectivity index (χ3v) is 2.39. The summed E-state index contributed by atoms with van der Waals surface area (Å²) in [5, 5.41) is 4.68. The number of nitrogens with zero attached hydrogens (tertiary/aromatic N) is 2. The van der Waals surface area contributed by atoms with E-state index in [2.05, 4.69) is 4.98 Å². The van der Waals surface area contributed by atoms with E-state index in [9.17, 15) is 0 Å². The van der Waals surface area contributed by atoms with Crippen LogP contribution in [0.25, 0.3) is 0 Å². The maximum Gasteiger partial charge on any atom is 0.106 e. The highest BCUT2D eigenvalue weighted by atomic mass is 32.1. The summed E-state index contributed by atoms with van der Waals surface area (Å²) in [5.41, 5.74) is 6.43. The molecule has 1 heterocycles.